The van der Waals surface area contributed by atoms with E-state index in [1.807, 2.05) is 0 Å². The lowest BCUT2D eigenvalue weighted by Gasteiger charge is -2.33. The maximum atomic E-state index is 11.8. The zero-order valence-electron chi connectivity index (χ0n) is 12.8. The maximum absolute atomic E-state index is 11.8. The van der Waals surface area contributed by atoms with Gasteiger partial charge in [-0.15, -0.1) is 0 Å². The fourth-order valence-corrected chi connectivity index (χ4v) is 2.83. The summed E-state index contributed by atoms with van der Waals surface area (Å²) in [5, 5.41) is 0. The molecule has 1 fully saturated rings. The minimum atomic E-state index is -0.0940. The fourth-order valence-electron chi connectivity index (χ4n) is 2.83. The first-order valence-electron chi connectivity index (χ1n) is 7.52. The summed E-state index contributed by atoms with van der Waals surface area (Å²) in [6.07, 6.45) is 3.19. The van der Waals surface area contributed by atoms with E-state index in [2.05, 4.69) is 43.0 Å². The molecule has 1 aliphatic rings. The minimum absolute atomic E-state index is 0.0708. The molecule has 1 heterocycles. The molecule has 0 unspecified atom stereocenters. The van der Waals surface area contributed by atoms with Gasteiger partial charge in [0.1, 0.15) is 6.04 Å². The Morgan fingerprint density at radius 1 is 1.30 bits per heavy atom. The van der Waals surface area contributed by atoms with Gasteiger partial charge < -0.3 is 4.74 Å². The SMILES string of the molecule is COC(=O)[C@H]1CCCCN1Cc1ccc(C(C)C)cc1. The van der Waals surface area contributed by atoms with E-state index in [9.17, 15) is 4.79 Å². The monoisotopic (exact) mass is 275 g/mol. The summed E-state index contributed by atoms with van der Waals surface area (Å²) in [6, 6.07) is 8.67. The van der Waals surface area contributed by atoms with Crippen molar-refractivity contribution in [3.8, 4) is 0 Å². The van der Waals surface area contributed by atoms with Gasteiger partial charge in [-0.2, -0.15) is 0 Å². The van der Waals surface area contributed by atoms with Gasteiger partial charge in [0.2, 0.25) is 0 Å². The van der Waals surface area contributed by atoms with E-state index in [1.54, 1.807) is 0 Å². The number of benzene rings is 1. The number of piperidine rings is 1. The molecule has 0 saturated carbocycles. The number of ether oxygens (including phenoxy) is 1. The van der Waals surface area contributed by atoms with Crippen molar-refractivity contribution in [3.05, 3.63) is 35.4 Å². The Labute approximate surface area is 121 Å². The molecule has 0 N–H and O–H groups in total. The van der Waals surface area contributed by atoms with E-state index >= 15 is 0 Å². The molecule has 1 aliphatic heterocycles. The lowest BCUT2D eigenvalue weighted by Crippen LogP contribution is -2.44. The Morgan fingerprint density at radius 2 is 2.00 bits per heavy atom. The number of rotatable bonds is 4. The quantitative estimate of drug-likeness (QED) is 0.789. The van der Waals surface area contributed by atoms with Crippen LogP contribution in [0.25, 0.3) is 0 Å². The van der Waals surface area contributed by atoms with Crippen molar-refractivity contribution in [3.63, 3.8) is 0 Å². The maximum Gasteiger partial charge on any atom is 0.323 e. The Hall–Kier alpha value is -1.35. The topological polar surface area (TPSA) is 29.5 Å². The highest BCUT2D eigenvalue weighted by Gasteiger charge is 2.29. The third-order valence-corrected chi connectivity index (χ3v) is 4.12. The van der Waals surface area contributed by atoms with Crippen LogP contribution in [0.2, 0.25) is 0 Å². The number of likely N-dealkylation sites (tertiary alicyclic amines) is 1. The molecule has 1 atom stereocenters. The van der Waals surface area contributed by atoms with E-state index in [0.717, 1.165) is 32.4 Å². The second-order valence-electron chi connectivity index (χ2n) is 5.90. The fraction of sp³-hybridized carbons (Fsp3) is 0.588. The van der Waals surface area contributed by atoms with Crippen molar-refractivity contribution in [2.45, 2.75) is 51.6 Å². The second kappa shape index (κ2) is 6.89. The third-order valence-electron chi connectivity index (χ3n) is 4.12. The molecule has 1 saturated heterocycles. The first kappa shape index (κ1) is 15.0. The van der Waals surface area contributed by atoms with Crippen LogP contribution in [0.3, 0.4) is 0 Å². The summed E-state index contributed by atoms with van der Waals surface area (Å²) in [6.45, 7) is 6.21. The van der Waals surface area contributed by atoms with E-state index < -0.39 is 0 Å². The summed E-state index contributed by atoms with van der Waals surface area (Å²) in [5.74, 6) is 0.463. The van der Waals surface area contributed by atoms with Gasteiger partial charge in [0.05, 0.1) is 7.11 Å². The van der Waals surface area contributed by atoms with Crippen molar-refractivity contribution in [2.24, 2.45) is 0 Å². The molecule has 3 heteroatoms. The van der Waals surface area contributed by atoms with Crippen molar-refractivity contribution in [1.82, 2.24) is 4.90 Å². The highest BCUT2D eigenvalue weighted by atomic mass is 16.5. The first-order valence-corrected chi connectivity index (χ1v) is 7.52. The van der Waals surface area contributed by atoms with E-state index in [-0.39, 0.29) is 12.0 Å². The van der Waals surface area contributed by atoms with Crippen LogP contribution in [0.4, 0.5) is 0 Å². The Morgan fingerprint density at radius 3 is 2.60 bits per heavy atom. The summed E-state index contributed by atoms with van der Waals surface area (Å²) < 4.78 is 4.93. The lowest BCUT2D eigenvalue weighted by molar-refractivity contribution is -0.148. The van der Waals surface area contributed by atoms with Crippen molar-refractivity contribution in [1.29, 1.82) is 0 Å². The van der Waals surface area contributed by atoms with Crippen LogP contribution in [-0.2, 0) is 16.1 Å². The Balaban J connectivity index is 2.04. The highest BCUT2D eigenvalue weighted by Crippen LogP contribution is 2.22. The molecular formula is C17H25NO2. The van der Waals surface area contributed by atoms with Crippen LogP contribution in [0.5, 0.6) is 0 Å². The molecule has 0 bridgehead atoms. The molecule has 0 aliphatic carbocycles. The van der Waals surface area contributed by atoms with Crippen LogP contribution in [0.1, 0.15) is 50.2 Å². The normalized spacial score (nSPS) is 20.1. The second-order valence-corrected chi connectivity index (χ2v) is 5.90. The number of hydrogen-bond acceptors (Lipinski definition) is 3. The largest absolute Gasteiger partial charge is 0.468 e. The van der Waals surface area contributed by atoms with Gasteiger partial charge in [-0.3, -0.25) is 9.69 Å². The molecule has 1 aromatic carbocycles. The summed E-state index contributed by atoms with van der Waals surface area (Å²) in [4.78, 5) is 14.1. The molecule has 0 radical (unpaired) electrons. The van der Waals surface area contributed by atoms with Crippen LogP contribution < -0.4 is 0 Å². The summed E-state index contributed by atoms with van der Waals surface area (Å²) >= 11 is 0. The molecule has 20 heavy (non-hydrogen) atoms. The van der Waals surface area contributed by atoms with E-state index in [4.69, 9.17) is 4.74 Å². The average molecular weight is 275 g/mol. The molecule has 0 aromatic heterocycles. The number of nitrogens with zero attached hydrogens (tertiary/aromatic N) is 1. The number of carbonyl (C=O) groups is 1. The lowest BCUT2D eigenvalue weighted by atomic mass is 9.99. The molecule has 0 spiro atoms. The molecule has 2 rings (SSSR count). The first-order chi connectivity index (χ1) is 9.61. The van der Waals surface area contributed by atoms with Gasteiger partial charge in [-0.1, -0.05) is 44.5 Å². The zero-order chi connectivity index (χ0) is 14.5. The Kier molecular flexibility index (Phi) is 5.18. The van der Waals surface area contributed by atoms with Crippen LogP contribution >= 0.6 is 0 Å². The number of carbonyl (C=O) groups excluding carboxylic acids is 1. The molecule has 110 valence electrons. The highest BCUT2D eigenvalue weighted by molar-refractivity contribution is 5.75. The molecule has 3 nitrogen and oxygen atoms in total. The van der Waals surface area contributed by atoms with Gasteiger partial charge in [-0.05, 0) is 36.4 Å². The average Bonchev–Trinajstić information content (AvgIpc) is 2.47. The van der Waals surface area contributed by atoms with Gasteiger partial charge >= 0.3 is 5.97 Å². The van der Waals surface area contributed by atoms with Crippen LogP contribution in [-0.4, -0.2) is 30.6 Å². The number of esters is 1. The van der Waals surface area contributed by atoms with Crippen molar-refractivity contribution < 1.29 is 9.53 Å². The van der Waals surface area contributed by atoms with Gasteiger partial charge in [0.25, 0.3) is 0 Å². The van der Waals surface area contributed by atoms with E-state index in [1.165, 1.54) is 18.2 Å². The predicted octanol–water partition coefficient (Wildman–Crippen LogP) is 3.34. The summed E-state index contributed by atoms with van der Waals surface area (Å²) in [5.41, 5.74) is 2.63. The molecule has 1 aromatic rings. The van der Waals surface area contributed by atoms with Gasteiger partial charge in [0.15, 0.2) is 0 Å². The molecular weight excluding hydrogens is 250 g/mol. The number of hydrogen-bond donors (Lipinski definition) is 0. The number of methoxy groups -OCH3 is 1. The smallest absolute Gasteiger partial charge is 0.323 e. The van der Waals surface area contributed by atoms with Gasteiger partial charge in [0, 0.05) is 6.54 Å². The predicted molar refractivity (Wildman–Crippen MR) is 80.6 cm³/mol. The third kappa shape index (κ3) is 3.60. The Bertz CT molecular complexity index is 439. The standard InChI is InChI=1S/C17H25NO2/c1-13(2)15-9-7-14(8-10-15)12-18-11-5-4-6-16(18)17(19)20-3/h7-10,13,16H,4-6,11-12H2,1-3H3/t16-/m1/s1. The zero-order valence-corrected chi connectivity index (χ0v) is 12.8. The van der Waals surface area contributed by atoms with Gasteiger partial charge in [-0.25, -0.2) is 0 Å². The van der Waals surface area contributed by atoms with Crippen molar-refractivity contribution >= 4 is 5.97 Å². The van der Waals surface area contributed by atoms with Crippen LogP contribution in [0, 0.1) is 0 Å². The molecule has 0 amide bonds. The van der Waals surface area contributed by atoms with Crippen LogP contribution in [0.15, 0.2) is 24.3 Å². The minimum Gasteiger partial charge on any atom is -0.468 e. The van der Waals surface area contributed by atoms with E-state index in [0.29, 0.717) is 5.92 Å². The summed E-state index contributed by atoms with van der Waals surface area (Å²) in [7, 11) is 1.48. The van der Waals surface area contributed by atoms with Crippen molar-refractivity contribution in [2.75, 3.05) is 13.7 Å².